The smallest absolute Gasteiger partial charge is 0.338 e. The van der Waals surface area contributed by atoms with Gasteiger partial charge in [-0.15, -0.1) is 0 Å². The van der Waals surface area contributed by atoms with Gasteiger partial charge >= 0.3 is 11.9 Å². The minimum absolute atomic E-state index is 0.0401. The molecule has 0 aliphatic heterocycles. The molecule has 0 amide bonds. The molecule has 1 heterocycles. The zero-order valence-corrected chi connectivity index (χ0v) is 16.2. The SMILES string of the molecule is COC(=O)c1cc(Oc2cnn(-c3ccccc3)c(=O)c2Cl)cc(C(=O)OC)c1. The second-order valence-corrected chi connectivity index (χ2v) is 6.08. The van der Waals surface area contributed by atoms with E-state index in [0.29, 0.717) is 5.69 Å². The Labute approximate surface area is 170 Å². The van der Waals surface area contributed by atoms with Crippen LogP contribution in [0.2, 0.25) is 5.02 Å². The summed E-state index contributed by atoms with van der Waals surface area (Å²) in [5.41, 5.74) is 0.0681. The largest absolute Gasteiger partial charge is 0.465 e. The molecule has 29 heavy (non-hydrogen) atoms. The molecule has 0 N–H and O–H groups in total. The van der Waals surface area contributed by atoms with Gasteiger partial charge in [0.05, 0.1) is 37.2 Å². The van der Waals surface area contributed by atoms with Crippen LogP contribution in [-0.4, -0.2) is 35.9 Å². The maximum Gasteiger partial charge on any atom is 0.338 e. The van der Waals surface area contributed by atoms with Crippen molar-refractivity contribution in [2.24, 2.45) is 0 Å². The van der Waals surface area contributed by atoms with Crippen molar-refractivity contribution >= 4 is 23.5 Å². The molecule has 3 aromatic rings. The van der Waals surface area contributed by atoms with Crippen molar-refractivity contribution in [3.8, 4) is 17.2 Å². The van der Waals surface area contributed by atoms with Crippen LogP contribution in [0, 0.1) is 0 Å². The molecule has 0 atom stereocenters. The van der Waals surface area contributed by atoms with Gasteiger partial charge in [0.1, 0.15) is 5.75 Å². The quantitative estimate of drug-likeness (QED) is 0.591. The van der Waals surface area contributed by atoms with Gasteiger partial charge in [0.15, 0.2) is 10.8 Å². The summed E-state index contributed by atoms with van der Waals surface area (Å²) in [6.45, 7) is 0. The van der Waals surface area contributed by atoms with Crippen LogP contribution in [0.4, 0.5) is 0 Å². The highest BCUT2D eigenvalue weighted by molar-refractivity contribution is 6.31. The van der Waals surface area contributed by atoms with E-state index in [2.05, 4.69) is 14.6 Å². The molecule has 9 heteroatoms. The van der Waals surface area contributed by atoms with Crippen LogP contribution in [0.1, 0.15) is 20.7 Å². The molecule has 1 aromatic heterocycles. The number of methoxy groups -OCH3 is 2. The average molecular weight is 415 g/mol. The first-order valence-corrected chi connectivity index (χ1v) is 8.65. The Morgan fingerprint density at radius 3 is 2.10 bits per heavy atom. The van der Waals surface area contributed by atoms with Crippen LogP contribution in [0.15, 0.2) is 59.5 Å². The summed E-state index contributed by atoms with van der Waals surface area (Å²) in [6, 6.07) is 12.7. The van der Waals surface area contributed by atoms with E-state index in [-0.39, 0.29) is 27.6 Å². The van der Waals surface area contributed by atoms with Crippen LogP contribution in [0.25, 0.3) is 5.69 Å². The molecule has 148 valence electrons. The standard InChI is InChI=1S/C20H15ClN2O6/c1-27-19(25)12-8-13(20(26)28-2)10-15(9-12)29-16-11-22-23(18(24)17(16)21)14-6-4-3-5-7-14/h3-11H,1-2H3. The van der Waals surface area contributed by atoms with E-state index in [1.807, 2.05) is 0 Å². The number of nitrogens with zero attached hydrogens (tertiary/aromatic N) is 2. The third-order valence-electron chi connectivity index (χ3n) is 3.86. The van der Waals surface area contributed by atoms with Crippen LogP contribution in [0.3, 0.4) is 0 Å². The molecule has 3 rings (SSSR count). The topological polar surface area (TPSA) is 96.7 Å². The molecule has 0 spiro atoms. The second kappa shape index (κ2) is 8.57. The van der Waals surface area contributed by atoms with Crippen molar-refractivity contribution < 1.29 is 23.8 Å². The van der Waals surface area contributed by atoms with E-state index in [9.17, 15) is 14.4 Å². The number of ether oxygens (including phenoxy) is 3. The number of carbonyl (C=O) groups is 2. The van der Waals surface area contributed by atoms with Gasteiger partial charge in [-0.1, -0.05) is 29.8 Å². The van der Waals surface area contributed by atoms with Crippen molar-refractivity contribution in [3.05, 3.63) is 81.2 Å². The molecule has 0 unspecified atom stereocenters. The summed E-state index contributed by atoms with van der Waals surface area (Å²) in [4.78, 5) is 36.3. The first-order chi connectivity index (χ1) is 13.9. The fraction of sp³-hybridized carbons (Fsp3) is 0.100. The monoisotopic (exact) mass is 414 g/mol. The minimum atomic E-state index is -0.677. The van der Waals surface area contributed by atoms with Gasteiger partial charge in [0, 0.05) is 0 Å². The van der Waals surface area contributed by atoms with Gasteiger partial charge in [-0.2, -0.15) is 9.78 Å². The van der Waals surface area contributed by atoms with E-state index in [0.717, 1.165) is 4.68 Å². The Morgan fingerprint density at radius 2 is 1.55 bits per heavy atom. The zero-order valence-electron chi connectivity index (χ0n) is 15.4. The maximum absolute atomic E-state index is 12.6. The van der Waals surface area contributed by atoms with Crippen molar-refractivity contribution in [3.63, 3.8) is 0 Å². The lowest BCUT2D eigenvalue weighted by molar-refractivity contribution is 0.0598. The molecule has 0 fully saturated rings. The highest BCUT2D eigenvalue weighted by Crippen LogP contribution is 2.28. The van der Waals surface area contributed by atoms with E-state index in [4.69, 9.17) is 16.3 Å². The molecule has 0 aliphatic rings. The number of carbonyl (C=O) groups excluding carboxylic acids is 2. The molecular formula is C20H15ClN2O6. The molecule has 0 radical (unpaired) electrons. The fourth-order valence-electron chi connectivity index (χ4n) is 2.50. The van der Waals surface area contributed by atoms with E-state index in [1.54, 1.807) is 30.3 Å². The maximum atomic E-state index is 12.6. The molecule has 0 bridgehead atoms. The third-order valence-corrected chi connectivity index (χ3v) is 4.21. The van der Waals surface area contributed by atoms with Crippen LogP contribution in [0.5, 0.6) is 11.5 Å². The van der Waals surface area contributed by atoms with E-state index in [1.165, 1.54) is 38.6 Å². The van der Waals surface area contributed by atoms with Crippen molar-refractivity contribution in [1.29, 1.82) is 0 Å². The van der Waals surface area contributed by atoms with Crippen LogP contribution < -0.4 is 10.3 Å². The fourth-order valence-corrected chi connectivity index (χ4v) is 2.67. The molecule has 0 saturated carbocycles. The number of para-hydroxylation sites is 1. The molecule has 8 nitrogen and oxygen atoms in total. The second-order valence-electron chi connectivity index (χ2n) is 5.71. The Bertz CT molecular complexity index is 1090. The predicted molar refractivity (Wildman–Crippen MR) is 104 cm³/mol. The molecular weight excluding hydrogens is 400 g/mol. The van der Waals surface area contributed by atoms with E-state index >= 15 is 0 Å². The van der Waals surface area contributed by atoms with Crippen molar-refractivity contribution in [1.82, 2.24) is 9.78 Å². The summed E-state index contributed by atoms with van der Waals surface area (Å²) in [5, 5.41) is 3.85. The Hall–Kier alpha value is -3.65. The van der Waals surface area contributed by atoms with Gasteiger partial charge in [0.25, 0.3) is 5.56 Å². The third kappa shape index (κ3) is 4.27. The predicted octanol–water partition coefficient (Wildman–Crippen LogP) is 3.25. The zero-order chi connectivity index (χ0) is 21.0. The lowest BCUT2D eigenvalue weighted by Gasteiger charge is -2.11. The number of aromatic nitrogens is 2. The number of esters is 2. The highest BCUT2D eigenvalue weighted by atomic mass is 35.5. The molecule has 2 aromatic carbocycles. The number of hydrogen-bond donors (Lipinski definition) is 0. The van der Waals surface area contributed by atoms with Gasteiger partial charge in [-0.25, -0.2) is 9.59 Å². The van der Waals surface area contributed by atoms with Gasteiger partial charge in [0.2, 0.25) is 0 Å². The number of benzene rings is 2. The minimum Gasteiger partial charge on any atom is -0.465 e. The molecule has 0 saturated heterocycles. The summed E-state index contributed by atoms with van der Waals surface area (Å²) in [6.07, 6.45) is 1.26. The molecule has 0 aliphatic carbocycles. The van der Waals surface area contributed by atoms with E-state index < -0.39 is 17.5 Å². The number of hydrogen-bond acceptors (Lipinski definition) is 7. The highest BCUT2D eigenvalue weighted by Gasteiger charge is 2.17. The average Bonchev–Trinajstić information content (AvgIpc) is 2.76. The summed E-state index contributed by atoms with van der Waals surface area (Å²) in [5.74, 6) is -1.32. The Morgan fingerprint density at radius 1 is 0.966 bits per heavy atom. The normalized spacial score (nSPS) is 10.3. The van der Waals surface area contributed by atoms with Crippen LogP contribution in [-0.2, 0) is 9.47 Å². The summed E-state index contributed by atoms with van der Waals surface area (Å²) < 4.78 is 16.1. The summed E-state index contributed by atoms with van der Waals surface area (Å²) >= 11 is 6.18. The lowest BCUT2D eigenvalue weighted by Crippen LogP contribution is -2.21. The van der Waals surface area contributed by atoms with Gasteiger partial charge < -0.3 is 14.2 Å². The van der Waals surface area contributed by atoms with Crippen molar-refractivity contribution in [2.45, 2.75) is 0 Å². The Kier molecular flexibility index (Phi) is 5.94. The number of rotatable bonds is 5. The summed E-state index contributed by atoms with van der Waals surface area (Å²) in [7, 11) is 2.41. The van der Waals surface area contributed by atoms with Gasteiger partial charge in [-0.05, 0) is 30.3 Å². The van der Waals surface area contributed by atoms with Gasteiger partial charge in [-0.3, -0.25) is 4.79 Å². The lowest BCUT2D eigenvalue weighted by atomic mass is 10.1. The van der Waals surface area contributed by atoms with Crippen molar-refractivity contribution in [2.75, 3.05) is 14.2 Å². The number of halogens is 1. The van der Waals surface area contributed by atoms with Crippen LogP contribution >= 0.6 is 11.6 Å². The Balaban J connectivity index is 2.01. The first-order valence-electron chi connectivity index (χ1n) is 8.27. The first kappa shape index (κ1) is 20.1.